The maximum absolute atomic E-state index is 12.8. The Kier molecular flexibility index (Phi) is 5.02. The summed E-state index contributed by atoms with van der Waals surface area (Å²) in [7, 11) is 1.30. The number of hydrogen-bond donors (Lipinski definition) is 2. The number of fused-ring (bicyclic) bond motifs is 1. The Morgan fingerprint density at radius 3 is 2.86 bits per heavy atom. The maximum atomic E-state index is 12.8. The number of aromatic amines is 1. The molecule has 0 spiro atoms. The molecule has 0 aliphatic heterocycles. The topological polar surface area (TPSA) is 115 Å². The van der Waals surface area contributed by atoms with E-state index in [0.29, 0.717) is 17.7 Å². The Balaban J connectivity index is 1.56. The van der Waals surface area contributed by atoms with Gasteiger partial charge in [0.2, 0.25) is 0 Å². The van der Waals surface area contributed by atoms with Crippen molar-refractivity contribution in [2.45, 2.75) is 12.5 Å². The Bertz CT molecular complexity index is 1150. The maximum Gasteiger partial charge on any atom is 0.328 e. The quantitative estimate of drug-likeness (QED) is 0.484. The number of rotatable bonds is 6. The summed E-state index contributed by atoms with van der Waals surface area (Å²) in [5.41, 5.74) is 2.89. The van der Waals surface area contributed by atoms with Crippen LogP contribution in [-0.4, -0.2) is 50.2 Å². The Morgan fingerprint density at radius 2 is 2.07 bits per heavy atom. The molecule has 9 heteroatoms. The van der Waals surface area contributed by atoms with Crippen LogP contribution in [0, 0.1) is 0 Å². The molecule has 2 aromatic carbocycles. The molecule has 146 valence electrons. The fraction of sp³-hybridized carbons (Fsp3) is 0.150. The number of aromatic nitrogens is 5. The van der Waals surface area contributed by atoms with Gasteiger partial charge in [-0.25, -0.2) is 9.48 Å². The van der Waals surface area contributed by atoms with Gasteiger partial charge in [-0.3, -0.25) is 4.79 Å². The number of amides is 1. The Hall–Kier alpha value is -4.01. The number of nitrogens with one attached hydrogen (secondary N) is 2. The predicted molar refractivity (Wildman–Crippen MR) is 104 cm³/mol. The summed E-state index contributed by atoms with van der Waals surface area (Å²) in [6.45, 7) is 0. The number of tetrazole rings is 1. The van der Waals surface area contributed by atoms with E-state index in [-0.39, 0.29) is 0 Å². The predicted octanol–water partition coefficient (Wildman–Crippen LogP) is 1.66. The summed E-state index contributed by atoms with van der Waals surface area (Å²) in [6, 6.07) is 13.7. The number of ether oxygens (including phenoxy) is 1. The van der Waals surface area contributed by atoms with Gasteiger partial charge >= 0.3 is 5.97 Å². The van der Waals surface area contributed by atoms with E-state index >= 15 is 0 Å². The highest BCUT2D eigenvalue weighted by molar-refractivity contribution is 5.97. The second kappa shape index (κ2) is 7.93. The molecular weight excluding hydrogens is 372 g/mol. The van der Waals surface area contributed by atoms with Gasteiger partial charge in [-0.1, -0.05) is 24.3 Å². The fourth-order valence-corrected chi connectivity index (χ4v) is 3.17. The number of esters is 1. The summed E-state index contributed by atoms with van der Waals surface area (Å²) in [6.07, 6.45) is 3.57. The number of carbonyl (C=O) groups excluding carboxylic acids is 2. The van der Waals surface area contributed by atoms with Crippen molar-refractivity contribution in [1.82, 2.24) is 30.5 Å². The lowest BCUT2D eigenvalue weighted by molar-refractivity contribution is -0.142. The number of methoxy groups -OCH3 is 1. The molecule has 0 saturated heterocycles. The molecule has 4 aromatic rings. The molecule has 0 saturated carbocycles. The average Bonchev–Trinajstić information content (AvgIpc) is 3.43. The van der Waals surface area contributed by atoms with E-state index in [0.717, 1.165) is 16.5 Å². The van der Waals surface area contributed by atoms with Crippen molar-refractivity contribution in [3.05, 3.63) is 72.2 Å². The average molecular weight is 390 g/mol. The van der Waals surface area contributed by atoms with Gasteiger partial charge in [-0.15, -0.1) is 5.10 Å². The van der Waals surface area contributed by atoms with Crippen LogP contribution in [0.1, 0.15) is 15.9 Å². The lowest BCUT2D eigenvalue weighted by Crippen LogP contribution is -2.43. The molecule has 0 unspecified atom stereocenters. The van der Waals surface area contributed by atoms with Gasteiger partial charge in [0, 0.05) is 29.1 Å². The molecule has 1 atom stereocenters. The zero-order valence-corrected chi connectivity index (χ0v) is 15.6. The summed E-state index contributed by atoms with van der Waals surface area (Å²) >= 11 is 0. The minimum absolute atomic E-state index is 0.301. The van der Waals surface area contributed by atoms with E-state index in [1.807, 2.05) is 30.5 Å². The van der Waals surface area contributed by atoms with Crippen LogP contribution in [0.2, 0.25) is 0 Å². The van der Waals surface area contributed by atoms with Gasteiger partial charge in [0.25, 0.3) is 5.91 Å². The van der Waals surface area contributed by atoms with E-state index < -0.39 is 17.9 Å². The summed E-state index contributed by atoms with van der Waals surface area (Å²) < 4.78 is 6.34. The minimum atomic E-state index is -0.830. The Labute approximate surface area is 165 Å². The molecule has 2 aromatic heterocycles. The SMILES string of the molecule is COC(=O)[C@H](Cc1c[nH]c2ccccc12)NC(=O)c1cccc(-n2cnnn2)c1. The van der Waals surface area contributed by atoms with Crippen molar-refractivity contribution in [1.29, 1.82) is 0 Å². The summed E-state index contributed by atoms with van der Waals surface area (Å²) in [5, 5.41) is 14.8. The number of carbonyl (C=O) groups is 2. The highest BCUT2D eigenvalue weighted by Crippen LogP contribution is 2.19. The third-order valence-electron chi connectivity index (χ3n) is 4.61. The largest absolute Gasteiger partial charge is 0.467 e. The van der Waals surface area contributed by atoms with E-state index in [1.165, 1.54) is 18.1 Å². The van der Waals surface area contributed by atoms with Crippen LogP contribution >= 0.6 is 0 Å². The highest BCUT2D eigenvalue weighted by Gasteiger charge is 2.24. The van der Waals surface area contributed by atoms with Crippen molar-refractivity contribution in [3.8, 4) is 5.69 Å². The number of hydrogen-bond acceptors (Lipinski definition) is 6. The van der Waals surface area contributed by atoms with Gasteiger partial charge in [0.15, 0.2) is 0 Å². The molecular formula is C20H18N6O3. The van der Waals surface area contributed by atoms with Crippen LogP contribution in [0.4, 0.5) is 0 Å². The first-order chi connectivity index (χ1) is 14.2. The standard InChI is InChI=1S/C20H18N6O3/c1-29-20(28)18(10-14-11-21-17-8-3-2-7-16(14)17)23-19(27)13-5-4-6-15(9-13)26-12-22-24-25-26/h2-9,11-12,18,21H,10H2,1H3,(H,23,27)/t18-/m0/s1. The molecule has 0 aliphatic carbocycles. The van der Waals surface area contributed by atoms with Gasteiger partial charge in [0.05, 0.1) is 12.8 Å². The lowest BCUT2D eigenvalue weighted by Gasteiger charge is -2.16. The lowest BCUT2D eigenvalue weighted by atomic mass is 10.0. The van der Waals surface area contributed by atoms with Crippen molar-refractivity contribution in [3.63, 3.8) is 0 Å². The van der Waals surface area contributed by atoms with E-state index in [1.54, 1.807) is 24.3 Å². The first kappa shape index (κ1) is 18.4. The van der Waals surface area contributed by atoms with E-state index in [9.17, 15) is 9.59 Å². The monoisotopic (exact) mass is 390 g/mol. The summed E-state index contributed by atoms with van der Waals surface area (Å²) in [5.74, 6) is -0.907. The van der Waals surface area contributed by atoms with Gasteiger partial charge in [0.1, 0.15) is 12.4 Å². The Morgan fingerprint density at radius 1 is 1.21 bits per heavy atom. The highest BCUT2D eigenvalue weighted by atomic mass is 16.5. The molecule has 9 nitrogen and oxygen atoms in total. The van der Waals surface area contributed by atoms with Crippen LogP contribution in [0.5, 0.6) is 0 Å². The third-order valence-corrected chi connectivity index (χ3v) is 4.61. The zero-order chi connectivity index (χ0) is 20.2. The van der Waals surface area contributed by atoms with Crippen molar-refractivity contribution < 1.29 is 14.3 Å². The minimum Gasteiger partial charge on any atom is -0.467 e. The number of nitrogens with zero attached hydrogens (tertiary/aromatic N) is 4. The van der Waals surface area contributed by atoms with Crippen LogP contribution in [-0.2, 0) is 16.0 Å². The molecule has 4 rings (SSSR count). The normalized spacial score (nSPS) is 11.9. The smallest absolute Gasteiger partial charge is 0.328 e. The van der Waals surface area contributed by atoms with Crippen LogP contribution < -0.4 is 5.32 Å². The molecule has 0 fully saturated rings. The second-order valence-electron chi connectivity index (χ2n) is 6.42. The van der Waals surface area contributed by atoms with Gasteiger partial charge in [-0.2, -0.15) is 0 Å². The number of H-pyrrole nitrogens is 1. The fourth-order valence-electron chi connectivity index (χ4n) is 3.17. The third kappa shape index (κ3) is 3.84. The molecule has 0 radical (unpaired) electrons. The van der Waals surface area contributed by atoms with Gasteiger partial charge in [-0.05, 0) is 40.3 Å². The van der Waals surface area contributed by atoms with Crippen molar-refractivity contribution >= 4 is 22.8 Å². The van der Waals surface area contributed by atoms with Crippen LogP contribution in [0.3, 0.4) is 0 Å². The molecule has 2 heterocycles. The molecule has 29 heavy (non-hydrogen) atoms. The number of para-hydroxylation sites is 1. The first-order valence-electron chi connectivity index (χ1n) is 8.93. The zero-order valence-electron chi connectivity index (χ0n) is 15.6. The first-order valence-corrected chi connectivity index (χ1v) is 8.93. The number of benzene rings is 2. The molecule has 2 N–H and O–H groups in total. The molecule has 1 amide bonds. The van der Waals surface area contributed by atoms with Crippen molar-refractivity contribution in [2.75, 3.05) is 7.11 Å². The van der Waals surface area contributed by atoms with Gasteiger partial charge < -0.3 is 15.0 Å². The van der Waals surface area contributed by atoms with Crippen molar-refractivity contribution in [2.24, 2.45) is 0 Å². The van der Waals surface area contributed by atoms with Crippen LogP contribution in [0.25, 0.3) is 16.6 Å². The molecule has 0 aliphatic rings. The van der Waals surface area contributed by atoms with E-state index in [2.05, 4.69) is 25.8 Å². The molecule has 0 bridgehead atoms. The second-order valence-corrected chi connectivity index (χ2v) is 6.42. The van der Waals surface area contributed by atoms with E-state index in [4.69, 9.17) is 4.74 Å². The van der Waals surface area contributed by atoms with Crippen LogP contribution in [0.15, 0.2) is 61.1 Å². The summed E-state index contributed by atoms with van der Waals surface area (Å²) in [4.78, 5) is 28.3.